The first-order valence-electron chi connectivity index (χ1n) is 6.80. The molecule has 4 heteroatoms. The van der Waals surface area contributed by atoms with E-state index >= 15 is 0 Å². The highest BCUT2D eigenvalue weighted by Crippen LogP contribution is 2.32. The molecule has 1 fully saturated rings. The highest BCUT2D eigenvalue weighted by molar-refractivity contribution is 5.73. The largest absolute Gasteiger partial charge is 0.354 e. The van der Waals surface area contributed by atoms with Crippen LogP contribution in [0.15, 0.2) is 6.07 Å². The van der Waals surface area contributed by atoms with E-state index in [0.29, 0.717) is 18.0 Å². The summed E-state index contributed by atoms with van der Waals surface area (Å²) in [5.74, 6) is 0.562. The molecule has 0 aromatic carbocycles. The summed E-state index contributed by atoms with van der Waals surface area (Å²) in [6, 6.07) is 2.93. The molecule has 1 aliphatic carbocycles. The number of amides is 1. The summed E-state index contributed by atoms with van der Waals surface area (Å²) in [7, 11) is 0. The van der Waals surface area contributed by atoms with Crippen LogP contribution in [0.25, 0.3) is 0 Å². The van der Waals surface area contributed by atoms with E-state index in [1.165, 1.54) is 5.69 Å². The molecule has 1 amide bonds. The maximum Gasteiger partial charge on any atom is 0.217 e. The first-order valence-corrected chi connectivity index (χ1v) is 6.80. The zero-order chi connectivity index (χ0) is 13.3. The topological polar surface area (TPSA) is 46.9 Å². The van der Waals surface area contributed by atoms with Gasteiger partial charge in [-0.25, -0.2) is 0 Å². The Labute approximate surface area is 109 Å². The lowest BCUT2D eigenvalue weighted by atomic mass is 10.1. The van der Waals surface area contributed by atoms with E-state index < -0.39 is 0 Å². The Morgan fingerprint density at radius 1 is 1.50 bits per heavy atom. The van der Waals surface area contributed by atoms with Gasteiger partial charge < -0.3 is 5.32 Å². The summed E-state index contributed by atoms with van der Waals surface area (Å²) in [5.41, 5.74) is 2.39. The van der Waals surface area contributed by atoms with Gasteiger partial charge in [-0.05, 0) is 38.2 Å². The molecule has 1 saturated carbocycles. The van der Waals surface area contributed by atoms with Gasteiger partial charge in [0.1, 0.15) is 0 Å². The summed E-state index contributed by atoms with van der Waals surface area (Å²) in [6.07, 6.45) is 3.16. The quantitative estimate of drug-likeness (QED) is 0.895. The van der Waals surface area contributed by atoms with Gasteiger partial charge >= 0.3 is 0 Å². The number of carbonyl (C=O) groups is 1. The predicted molar refractivity (Wildman–Crippen MR) is 71.5 cm³/mol. The van der Waals surface area contributed by atoms with E-state index in [0.717, 1.165) is 25.0 Å². The fourth-order valence-electron chi connectivity index (χ4n) is 2.86. The van der Waals surface area contributed by atoms with Crippen LogP contribution in [0.2, 0.25) is 0 Å². The zero-order valence-electron chi connectivity index (χ0n) is 11.7. The van der Waals surface area contributed by atoms with Crippen molar-refractivity contribution in [2.75, 3.05) is 0 Å². The number of carbonyl (C=O) groups excluding carboxylic acids is 1. The van der Waals surface area contributed by atoms with Gasteiger partial charge in [0.15, 0.2) is 0 Å². The van der Waals surface area contributed by atoms with Gasteiger partial charge in [0.25, 0.3) is 0 Å². The fourth-order valence-corrected chi connectivity index (χ4v) is 2.86. The molecule has 1 aromatic rings. The van der Waals surface area contributed by atoms with Crippen molar-refractivity contribution < 1.29 is 4.79 Å². The van der Waals surface area contributed by atoms with Crippen LogP contribution >= 0.6 is 0 Å². The molecule has 1 N–H and O–H groups in total. The van der Waals surface area contributed by atoms with Crippen molar-refractivity contribution in [3.05, 3.63) is 17.5 Å². The molecule has 18 heavy (non-hydrogen) atoms. The molecule has 0 saturated heterocycles. The maximum absolute atomic E-state index is 11.1. The predicted octanol–water partition coefficient (Wildman–Crippen LogP) is 2.54. The molecular weight excluding hydrogens is 226 g/mol. The second kappa shape index (κ2) is 5.12. The smallest absolute Gasteiger partial charge is 0.217 e. The normalized spacial score (nSPS) is 23.6. The van der Waals surface area contributed by atoms with Crippen molar-refractivity contribution in [3.8, 4) is 0 Å². The standard InChI is InChI=1S/C14H23N3O/c1-9(2)14-7-10(3)16-17(14)13-6-5-12(8-13)15-11(4)18/h7,9,12-13H,5-6,8H2,1-4H3,(H,15,18). The molecule has 1 aliphatic rings. The first-order chi connectivity index (χ1) is 8.47. The molecule has 0 spiro atoms. The third-order valence-corrected chi connectivity index (χ3v) is 3.64. The summed E-state index contributed by atoms with van der Waals surface area (Å²) in [6.45, 7) is 8.04. The van der Waals surface area contributed by atoms with E-state index in [4.69, 9.17) is 0 Å². The lowest BCUT2D eigenvalue weighted by Gasteiger charge is -2.17. The highest BCUT2D eigenvalue weighted by atomic mass is 16.1. The number of hydrogen-bond acceptors (Lipinski definition) is 2. The molecule has 0 radical (unpaired) electrons. The number of nitrogens with zero attached hydrogens (tertiary/aromatic N) is 2. The zero-order valence-corrected chi connectivity index (χ0v) is 11.7. The van der Waals surface area contributed by atoms with Crippen molar-refractivity contribution in [3.63, 3.8) is 0 Å². The number of hydrogen-bond donors (Lipinski definition) is 1. The van der Waals surface area contributed by atoms with Crippen LogP contribution in [0.1, 0.15) is 63.4 Å². The Hall–Kier alpha value is -1.32. The molecular formula is C14H23N3O. The Morgan fingerprint density at radius 2 is 2.22 bits per heavy atom. The second-order valence-corrected chi connectivity index (χ2v) is 5.67. The van der Waals surface area contributed by atoms with Crippen molar-refractivity contribution in [2.45, 2.75) is 65.0 Å². The van der Waals surface area contributed by atoms with Crippen LogP contribution in [0.4, 0.5) is 0 Å². The third kappa shape index (κ3) is 2.74. The molecule has 2 atom stereocenters. The fraction of sp³-hybridized carbons (Fsp3) is 0.714. The highest BCUT2D eigenvalue weighted by Gasteiger charge is 2.28. The minimum atomic E-state index is 0.0707. The minimum absolute atomic E-state index is 0.0707. The molecule has 1 heterocycles. The average molecular weight is 249 g/mol. The van der Waals surface area contributed by atoms with Crippen molar-refractivity contribution in [1.82, 2.24) is 15.1 Å². The third-order valence-electron chi connectivity index (χ3n) is 3.64. The molecule has 1 aromatic heterocycles. The van der Waals surface area contributed by atoms with Gasteiger partial charge in [-0.3, -0.25) is 9.48 Å². The van der Waals surface area contributed by atoms with Crippen LogP contribution in [-0.2, 0) is 4.79 Å². The summed E-state index contributed by atoms with van der Waals surface area (Å²) in [5, 5.41) is 7.65. The Balaban J connectivity index is 2.11. The Bertz CT molecular complexity index is 436. The van der Waals surface area contributed by atoms with Crippen LogP contribution in [0.5, 0.6) is 0 Å². The SMILES string of the molecule is CC(=O)NC1CCC(n2nc(C)cc2C(C)C)C1. The molecule has 0 aliphatic heterocycles. The van der Waals surface area contributed by atoms with E-state index in [2.05, 4.69) is 35.0 Å². The second-order valence-electron chi connectivity index (χ2n) is 5.67. The van der Waals surface area contributed by atoms with Crippen molar-refractivity contribution >= 4 is 5.91 Å². The summed E-state index contributed by atoms with van der Waals surface area (Å²) in [4.78, 5) is 11.1. The number of aryl methyl sites for hydroxylation is 1. The molecule has 100 valence electrons. The summed E-state index contributed by atoms with van der Waals surface area (Å²) < 4.78 is 2.18. The van der Waals surface area contributed by atoms with Crippen molar-refractivity contribution in [2.24, 2.45) is 0 Å². The lowest BCUT2D eigenvalue weighted by Crippen LogP contribution is -2.31. The summed E-state index contributed by atoms with van der Waals surface area (Å²) >= 11 is 0. The van der Waals surface area contributed by atoms with Gasteiger partial charge in [-0.15, -0.1) is 0 Å². The molecule has 0 bridgehead atoms. The monoisotopic (exact) mass is 249 g/mol. The molecule has 2 unspecified atom stereocenters. The van der Waals surface area contributed by atoms with E-state index in [-0.39, 0.29) is 5.91 Å². The van der Waals surface area contributed by atoms with Crippen LogP contribution in [-0.4, -0.2) is 21.7 Å². The Kier molecular flexibility index (Phi) is 3.73. The van der Waals surface area contributed by atoms with Gasteiger partial charge in [-0.1, -0.05) is 13.8 Å². The van der Waals surface area contributed by atoms with E-state index in [9.17, 15) is 4.79 Å². The first kappa shape index (κ1) is 13.1. The van der Waals surface area contributed by atoms with Crippen molar-refractivity contribution in [1.29, 1.82) is 0 Å². The van der Waals surface area contributed by atoms with E-state index in [1.807, 2.05) is 6.92 Å². The Morgan fingerprint density at radius 3 is 2.83 bits per heavy atom. The van der Waals surface area contributed by atoms with Crippen LogP contribution in [0.3, 0.4) is 0 Å². The van der Waals surface area contributed by atoms with Gasteiger partial charge in [0.2, 0.25) is 5.91 Å². The lowest BCUT2D eigenvalue weighted by molar-refractivity contribution is -0.119. The van der Waals surface area contributed by atoms with Crippen LogP contribution < -0.4 is 5.32 Å². The van der Waals surface area contributed by atoms with Gasteiger partial charge in [-0.2, -0.15) is 5.10 Å². The van der Waals surface area contributed by atoms with Gasteiger partial charge in [0.05, 0.1) is 11.7 Å². The minimum Gasteiger partial charge on any atom is -0.354 e. The number of aromatic nitrogens is 2. The number of rotatable bonds is 3. The average Bonchev–Trinajstić information content (AvgIpc) is 2.83. The maximum atomic E-state index is 11.1. The number of nitrogens with one attached hydrogen (secondary N) is 1. The van der Waals surface area contributed by atoms with Crippen LogP contribution in [0, 0.1) is 6.92 Å². The van der Waals surface area contributed by atoms with E-state index in [1.54, 1.807) is 6.92 Å². The van der Waals surface area contributed by atoms with Gasteiger partial charge in [0, 0.05) is 18.7 Å². The molecule has 4 nitrogen and oxygen atoms in total. The molecule has 2 rings (SSSR count).